The highest BCUT2D eigenvalue weighted by Gasteiger charge is 2.13. The van der Waals surface area contributed by atoms with Crippen molar-refractivity contribution in [2.75, 3.05) is 18.8 Å². The number of guanidine groups is 1. The van der Waals surface area contributed by atoms with Gasteiger partial charge in [0, 0.05) is 13.1 Å². The summed E-state index contributed by atoms with van der Waals surface area (Å²) in [5.74, 6) is 0.380. The summed E-state index contributed by atoms with van der Waals surface area (Å²) < 4.78 is 38.4. The van der Waals surface area contributed by atoms with Crippen LogP contribution in [-0.2, 0) is 9.84 Å². The van der Waals surface area contributed by atoms with Crippen LogP contribution in [0.25, 0.3) is 0 Å². The van der Waals surface area contributed by atoms with Gasteiger partial charge in [-0.2, -0.15) is 0 Å². The summed E-state index contributed by atoms with van der Waals surface area (Å²) in [5, 5.41) is 6.37. The topological polar surface area (TPSA) is 70.6 Å². The number of hydrogen-bond donors (Lipinski definition) is 2. The predicted molar refractivity (Wildman–Crippen MR) is 127 cm³/mol. The first-order valence-electron chi connectivity index (χ1n) is 9.42. The van der Waals surface area contributed by atoms with E-state index in [0.29, 0.717) is 35.9 Å². The van der Waals surface area contributed by atoms with E-state index >= 15 is 0 Å². The van der Waals surface area contributed by atoms with Gasteiger partial charge in [0.1, 0.15) is 5.82 Å². The van der Waals surface area contributed by atoms with Gasteiger partial charge < -0.3 is 10.6 Å². The number of sulfone groups is 1. The molecular formula is C21H29FIN3O2S. The normalized spacial score (nSPS) is 12.8. The van der Waals surface area contributed by atoms with Crippen molar-refractivity contribution in [1.82, 2.24) is 10.6 Å². The van der Waals surface area contributed by atoms with E-state index in [0.717, 1.165) is 5.56 Å². The maximum Gasteiger partial charge on any atom is 0.191 e. The van der Waals surface area contributed by atoms with Crippen LogP contribution < -0.4 is 10.6 Å². The third kappa shape index (κ3) is 7.93. The molecule has 29 heavy (non-hydrogen) atoms. The molecule has 0 aliphatic heterocycles. The molecule has 0 aliphatic rings. The van der Waals surface area contributed by atoms with E-state index in [4.69, 9.17) is 0 Å². The van der Waals surface area contributed by atoms with Crippen LogP contribution in [0.15, 0.2) is 58.4 Å². The summed E-state index contributed by atoms with van der Waals surface area (Å²) in [6, 6.07) is 13.4. The van der Waals surface area contributed by atoms with Crippen LogP contribution in [0.1, 0.15) is 37.4 Å². The highest BCUT2D eigenvalue weighted by atomic mass is 127. The van der Waals surface area contributed by atoms with Crippen molar-refractivity contribution in [3.8, 4) is 0 Å². The molecular weight excluding hydrogens is 504 g/mol. The molecule has 0 aliphatic carbocycles. The number of rotatable bonds is 8. The molecule has 2 aromatic rings. The molecule has 0 radical (unpaired) electrons. The van der Waals surface area contributed by atoms with E-state index < -0.39 is 9.84 Å². The van der Waals surface area contributed by atoms with E-state index in [1.54, 1.807) is 43.3 Å². The fourth-order valence-electron chi connectivity index (χ4n) is 2.68. The quantitative estimate of drug-likeness (QED) is 0.231. The Labute approximate surface area is 190 Å². The molecule has 0 heterocycles. The Bertz CT molecular complexity index is 905. The molecule has 160 valence electrons. The first-order chi connectivity index (χ1) is 13.3. The number of hydrogen-bond acceptors (Lipinski definition) is 3. The van der Waals surface area contributed by atoms with E-state index in [1.807, 2.05) is 19.9 Å². The van der Waals surface area contributed by atoms with Gasteiger partial charge >= 0.3 is 0 Å². The highest BCUT2D eigenvalue weighted by Crippen LogP contribution is 2.16. The Hall–Kier alpha value is -1.68. The SMILES string of the molecule is CCNC(=NCCCS(=O)(=O)c1ccccc1)NC(C)c1ccc(C)c(F)c1.I. The zero-order chi connectivity index (χ0) is 20.6. The molecule has 0 saturated carbocycles. The average molecular weight is 533 g/mol. The molecule has 0 fully saturated rings. The lowest BCUT2D eigenvalue weighted by Gasteiger charge is -2.18. The molecule has 0 saturated heterocycles. The first-order valence-corrected chi connectivity index (χ1v) is 11.1. The van der Waals surface area contributed by atoms with Crippen LogP contribution >= 0.6 is 24.0 Å². The lowest BCUT2D eigenvalue weighted by atomic mass is 10.1. The Balaban J connectivity index is 0.00000420. The number of aryl methyl sites for hydroxylation is 1. The standard InChI is InChI=1S/C21H28FN3O2S.HI/c1-4-23-21(25-17(3)18-12-11-16(2)20(22)15-18)24-13-8-14-28(26,27)19-9-6-5-7-10-19;/h5-7,9-12,15,17H,4,8,13-14H2,1-3H3,(H2,23,24,25);1H. The Morgan fingerprint density at radius 1 is 1.17 bits per heavy atom. The number of aliphatic imine (C=N–C) groups is 1. The lowest BCUT2D eigenvalue weighted by Crippen LogP contribution is -2.38. The van der Waals surface area contributed by atoms with Crippen molar-refractivity contribution in [2.45, 2.75) is 38.1 Å². The molecule has 1 atom stereocenters. The summed E-state index contributed by atoms with van der Waals surface area (Å²) in [7, 11) is -3.30. The summed E-state index contributed by atoms with van der Waals surface area (Å²) in [6.45, 7) is 6.65. The second-order valence-corrected chi connectivity index (χ2v) is 8.73. The molecule has 2 N–H and O–H groups in total. The van der Waals surface area contributed by atoms with Gasteiger partial charge in [-0.15, -0.1) is 24.0 Å². The molecule has 1 unspecified atom stereocenters. The van der Waals surface area contributed by atoms with Crippen molar-refractivity contribution >= 4 is 39.8 Å². The van der Waals surface area contributed by atoms with Crippen LogP contribution in [0.3, 0.4) is 0 Å². The van der Waals surface area contributed by atoms with E-state index in [1.165, 1.54) is 6.07 Å². The van der Waals surface area contributed by atoms with Crippen LogP contribution in [0.5, 0.6) is 0 Å². The van der Waals surface area contributed by atoms with Gasteiger partial charge in [-0.1, -0.05) is 30.3 Å². The minimum absolute atomic E-state index is 0. The maximum absolute atomic E-state index is 13.8. The summed E-state index contributed by atoms with van der Waals surface area (Å²) in [5.41, 5.74) is 1.43. The summed E-state index contributed by atoms with van der Waals surface area (Å²) in [6.07, 6.45) is 0.418. The molecule has 8 heteroatoms. The monoisotopic (exact) mass is 533 g/mol. The third-order valence-electron chi connectivity index (χ3n) is 4.34. The van der Waals surface area contributed by atoms with Crippen molar-refractivity contribution in [2.24, 2.45) is 4.99 Å². The van der Waals surface area contributed by atoms with Crippen molar-refractivity contribution < 1.29 is 12.8 Å². The molecule has 0 bridgehead atoms. The Morgan fingerprint density at radius 2 is 1.86 bits per heavy atom. The van der Waals surface area contributed by atoms with Gasteiger partial charge in [-0.05, 0) is 56.5 Å². The van der Waals surface area contributed by atoms with Gasteiger partial charge in [0.2, 0.25) is 0 Å². The number of nitrogens with zero attached hydrogens (tertiary/aromatic N) is 1. The third-order valence-corrected chi connectivity index (χ3v) is 6.15. The zero-order valence-electron chi connectivity index (χ0n) is 17.0. The maximum atomic E-state index is 13.8. The number of halogens is 2. The van der Waals surface area contributed by atoms with E-state index in [-0.39, 0.29) is 41.6 Å². The van der Waals surface area contributed by atoms with Gasteiger partial charge in [-0.25, -0.2) is 12.8 Å². The Kier molecular flexibility index (Phi) is 10.6. The number of nitrogens with one attached hydrogen (secondary N) is 2. The minimum Gasteiger partial charge on any atom is -0.357 e. The van der Waals surface area contributed by atoms with Gasteiger partial charge in [0.15, 0.2) is 15.8 Å². The summed E-state index contributed by atoms with van der Waals surface area (Å²) >= 11 is 0. The fraction of sp³-hybridized carbons (Fsp3) is 0.381. The highest BCUT2D eigenvalue weighted by molar-refractivity contribution is 14.0. The fourth-order valence-corrected chi connectivity index (χ4v) is 3.99. The van der Waals surface area contributed by atoms with Crippen LogP contribution in [0.2, 0.25) is 0 Å². The predicted octanol–water partition coefficient (Wildman–Crippen LogP) is 4.23. The first kappa shape index (κ1) is 25.4. The van der Waals surface area contributed by atoms with Crippen molar-refractivity contribution in [3.63, 3.8) is 0 Å². The molecule has 5 nitrogen and oxygen atoms in total. The second-order valence-electron chi connectivity index (χ2n) is 6.62. The minimum atomic E-state index is -3.30. The van der Waals surface area contributed by atoms with Crippen molar-refractivity contribution in [3.05, 3.63) is 65.5 Å². The molecule has 2 rings (SSSR count). The molecule has 2 aromatic carbocycles. The molecule has 0 spiro atoms. The Morgan fingerprint density at radius 3 is 2.48 bits per heavy atom. The van der Waals surface area contributed by atoms with E-state index in [9.17, 15) is 12.8 Å². The van der Waals surface area contributed by atoms with Gasteiger partial charge in [0.05, 0.1) is 16.7 Å². The van der Waals surface area contributed by atoms with Crippen LogP contribution in [-0.4, -0.2) is 33.2 Å². The molecule has 0 amide bonds. The van der Waals surface area contributed by atoms with Gasteiger partial charge in [0.25, 0.3) is 0 Å². The summed E-state index contributed by atoms with van der Waals surface area (Å²) in [4.78, 5) is 4.78. The lowest BCUT2D eigenvalue weighted by molar-refractivity contribution is 0.593. The van der Waals surface area contributed by atoms with Gasteiger partial charge in [-0.3, -0.25) is 4.99 Å². The van der Waals surface area contributed by atoms with Crippen LogP contribution in [0, 0.1) is 12.7 Å². The number of benzene rings is 2. The average Bonchev–Trinajstić information content (AvgIpc) is 2.68. The largest absolute Gasteiger partial charge is 0.357 e. The van der Waals surface area contributed by atoms with Crippen molar-refractivity contribution in [1.29, 1.82) is 0 Å². The zero-order valence-corrected chi connectivity index (χ0v) is 20.1. The van der Waals surface area contributed by atoms with E-state index in [2.05, 4.69) is 15.6 Å². The second kappa shape index (κ2) is 12.1. The molecule has 0 aromatic heterocycles. The van der Waals surface area contributed by atoms with Crippen LogP contribution in [0.4, 0.5) is 4.39 Å². The smallest absolute Gasteiger partial charge is 0.191 e.